The lowest BCUT2D eigenvalue weighted by Crippen LogP contribution is -2.22. The molecule has 0 saturated carbocycles. The van der Waals surface area contributed by atoms with Crippen molar-refractivity contribution in [1.82, 2.24) is 4.98 Å². The van der Waals surface area contributed by atoms with Gasteiger partial charge in [-0.25, -0.2) is 13.8 Å². The molecule has 0 bridgehead atoms. The van der Waals surface area contributed by atoms with E-state index in [1.165, 1.54) is 36.5 Å². The highest BCUT2D eigenvalue weighted by Gasteiger charge is 2.39. The molecule has 4 aromatic rings. The number of pyridine rings is 1. The smallest absolute Gasteiger partial charge is 0.460 e. The lowest BCUT2D eigenvalue weighted by Gasteiger charge is -2.18. The molecule has 1 aliphatic heterocycles. The molecule has 0 N–H and O–H groups in total. The van der Waals surface area contributed by atoms with E-state index in [9.17, 15) is 26.7 Å². The second kappa shape index (κ2) is 11.7. The molecule has 1 aliphatic rings. The Labute approximate surface area is 236 Å². The third-order valence-corrected chi connectivity index (χ3v) is 6.71. The predicted octanol–water partition coefficient (Wildman–Crippen LogP) is 7.87. The van der Waals surface area contributed by atoms with E-state index in [1.807, 2.05) is 0 Å². The molecule has 0 spiro atoms. The number of benzene rings is 3. The molecule has 210 valence electrons. The summed E-state index contributed by atoms with van der Waals surface area (Å²) in [6.07, 6.45) is -3.37. The minimum atomic E-state index is -4.79. The van der Waals surface area contributed by atoms with Gasteiger partial charge in [-0.3, -0.25) is 9.79 Å². The van der Waals surface area contributed by atoms with Crippen LogP contribution in [0.4, 0.5) is 22.0 Å². The van der Waals surface area contributed by atoms with Gasteiger partial charge in [0.05, 0.1) is 17.5 Å². The molecule has 41 heavy (non-hydrogen) atoms. The number of carbonyl (C=O) groups excluding carboxylic acids is 1. The number of esters is 1. The zero-order valence-corrected chi connectivity index (χ0v) is 21.8. The molecule has 3 aromatic carbocycles. The van der Waals surface area contributed by atoms with E-state index in [2.05, 4.69) is 14.7 Å². The first-order chi connectivity index (χ1) is 19.6. The lowest BCUT2D eigenvalue weighted by molar-refractivity contribution is -0.274. The van der Waals surface area contributed by atoms with E-state index in [0.717, 1.165) is 12.1 Å². The van der Waals surface area contributed by atoms with Crippen molar-refractivity contribution in [3.8, 4) is 16.9 Å². The standard InChI is InChI=1S/C30H20ClF5N2O3/c31-26-13-4-17(15-37-26)16-40-29(39)22-14-25(27-23(32)2-1-3-24(27)33)38-28(22)20-7-5-18(6-8-20)19-9-11-21(12-10-19)41-30(34,35)36/h1-13,15,22,28H,14,16H2/t22-,28?/m0/s1. The Hall–Kier alpha value is -4.31. The van der Waals surface area contributed by atoms with E-state index >= 15 is 0 Å². The van der Waals surface area contributed by atoms with Gasteiger partial charge in [0, 0.05) is 23.9 Å². The minimum absolute atomic E-state index is 0.0529. The van der Waals surface area contributed by atoms with Gasteiger partial charge in [-0.05, 0) is 47.0 Å². The van der Waals surface area contributed by atoms with Crippen LogP contribution in [-0.2, 0) is 16.1 Å². The highest BCUT2D eigenvalue weighted by atomic mass is 35.5. The second-order valence-electron chi connectivity index (χ2n) is 9.22. The van der Waals surface area contributed by atoms with E-state index < -0.39 is 35.9 Å². The van der Waals surface area contributed by atoms with Gasteiger partial charge in [0.2, 0.25) is 0 Å². The van der Waals surface area contributed by atoms with Gasteiger partial charge in [-0.1, -0.05) is 60.1 Å². The van der Waals surface area contributed by atoms with Crippen molar-refractivity contribution in [3.63, 3.8) is 0 Å². The number of aromatic nitrogens is 1. The summed E-state index contributed by atoms with van der Waals surface area (Å²) in [5, 5.41) is 0.287. The SMILES string of the molecule is O=C(OCc1ccc(Cl)nc1)[C@H]1CC(c2c(F)cccc2F)=NC1c1ccc(-c2ccc(OC(F)(F)F)cc2)cc1. The number of nitrogens with zero attached hydrogens (tertiary/aromatic N) is 2. The average Bonchev–Trinajstić information content (AvgIpc) is 3.37. The first-order valence-electron chi connectivity index (χ1n) is 12.3. The summed E-state index contributed by atoms with van der Waals surface area (Å²) >= 11 is 5.80. The number of halogens is 6. The number of hydrogen-bond acceptors (Lipinski definition) is 5. The van der Waals surface area contributed by atoms with Crippen LogP contribution in [-0.4, -0.2) is 23.0 Å². The topological polar surface area (TPSA) is 60.8 Å². The second-order valence-corrected chi connectivity index (χ2v) is 9.61. The number of carbonyl (C=O) groups is 1. The van der Waals surface area contributed by atoms with Gasteiger partial charge in [-0.2, -0.15) is 0 Å². The van der Waals surface area contributed by atoms with Crippen LogP contribution < -0.4 is 4.74 Å². The summed E-state index contributed by atoms with van der Waals surface area (Å²) in [6.45, 7) is -0.0808. The zero-order chi connectivity index (χ0) is 29.1. The van der Waals surface area contributed by atoms with E-state index in [0.29, 0.717) is 22.3 Å². The summed E-state index contributed by atoms with van der Waals surface area (Å²) in [7, 11) is 0. The number of ether oxygens (including phenoxy) is 2. The molecule has 11 heteroatoms. The van der Waals surface area contributed by atoms with Crippen molar-refractivity contribution in [1.29, 1.82) is 0 Å². The fourth-order valence-corrected chi connectivity index (χ4v) is 4.68. The highest BCUT2D eigenvalue weighted by Crippen LogP contribution is 2.39. The van der Waals surface area contributed by atoms with Crippen molar-refractivity contribution in [2.45, 2.75) is 25.4 Å². The molecule has 0 radical (unpaired) electrons. The highest BCUT2D eigenvalue weighted by molar-refractivity contribution is 6.29. The van der Waals surface area contributed by atoms with Crippen molar-refractivity contribution in [3.05, 3.63) is 119 Å². The monoisotopic (exact) mass is 586 g/mol. The van der Waals surface area contributed by atoms with Crippen LogP contribution >= 0.6 is 11.6 Å². The number of rotatable bonds is 7. The van der Waals surface area contributed by atoms with Crippen molar-refractivity contribution in [2.24, 2.45) is 10.9 Å². The normalized spacial score (nSPS) is 16.8. The summed E-state index contributed by atoms with van der Waals surface area (Å²) in [5.41, 5.74) is 2.31. The Bertz CT molecular complexity index is 1550. The van der Waals surface area contributed by atoms with Gasteiger partial charge in [-0.15, -0.1) is 13.2 Å². The molecule has 0 amide bonds. The Morgan fingerprint density at radius 2 is 1.54 bits per heavy atom. The van der Waals surface area contributed by atoms with Crippen LogP contribution in [0.15, 0.2) is 90.1 Å². The molecule has 2 atom stereocenters. The third-order valence-electron chi connectivity index (χ3n) is 6.49. The van der Waals surface area contributed by atoms with E-state index in [1.54, 1.807) is 36.4 Å². The molecular weight excluding hydrogens is 567 g/mol. The van der Waals surface area contributed by atoms with Gasteiger partial charge in [0.1, 0.15) is 29.1 Å². The van der Waals surface area contributed by atoms with Crippen LogP contribution in [0.2, 0.25) is 5.15 Å². The molecule has 1 unspecified atom stereocenters. The summed E-state index contributed by atoms with van der Waals surface area (Å²) in [4.78, 5) is 21.7. The number of hydrogen-bond donors (Lipinski definition) is 0. The lowest BCUT2D eigenvalue weighted by atomic mass is 9.90. The van der Waals surface area contributed by atoms with Crippen LogP contribution in [0.5, 0.6) is 5.75 Å². The first-order valence-corrected chi connectivity index (χ1v) is 12.7. The summed E-state index contributed by atoms with van der Waals surface area (Å²) < 4.78 is 76.0. The minimum Gasteiger partial charge on any atom is -0.460 e. The molecular formula is C30H20ClF5N2O3. The van der Waals surface area contributed by atoms with Crippen molar-refractivity contribution >= 4 is 23.3 Å². The van der Waals surface area contributed by atoms with Gasteiger partial charge in [0.15, 0.2) is 0 Å². The van der Waals surface area contributed by atoms with Crippen molar-refractivity contribution in [2.75, 3.05) is 0 Å². The Balaban J connectivity index is 1.40. The molecule has 5 nitrogen and oxygen atoms in total. The van der Waals surface area contributed by atoms with Gasteiger partial charge in [0.25, 0.3) is 0 Å². The number of aliphatic imine (C=N–C) groups is 1. The summed E-state index contributed by atoms with van der Waals surface area (Å²) in [6, 6.07) is 18.1. The number of alkyl halides is 3. The summed E-state index contributed by atoms with van der Waals surface area (Å²) in [5.74, 6) is -3.41. The molecule has 5 rings (SSSR count). The van der Waals surface area contributed by atoms with Gasteiger partial charge >= 0.3 is 12.3 Å². The van der Waals surface area contributed by atoms with Crippen LogP contribution in [0.25, 0.3) is 11.1 Å². The predicted molar refractivity (Wildman–Crippen MR) is 141 cm³/mol. The van der Waals surface area contributed by atoms with E-state index in [-0.39, 0.29) is 35.2 Å². The molecule has 2 heterocycles. The van der Waals surface area contributed by atoms with Gasteiger partial charge < -0.3 is 9.47 Å². The first kappa shape index (κ1) is 28.2. The average molecular weight is 587 g/mol. The largest absolute Gasteiger partial charge is 0.573 e. The van der Waals surface area contributed by atoms with Crippen LogP contribution in [0, 0.1) is 17.6 Å². The maximum Gasteiger partial charge on any atom is 0.573 e. The Morgan fingerprint density at radius 3 is 2.12 bits per heavy atom. The fraction of sp³-hybridized carbons (Fsp3) is 0.167. The fourth-order valence-electron chi connectivity index (χ4n) is 4.56. The molecule has 0 saturated heterocycles. The van der Waals surface area contributed by atoms with Crippen LogP contribution in [0.1, 0.15) is 29.2 Å². The Morgan fingerprint density at radius 1 is 0.902 bits per heavy atom. The quantitative estimate of drug-likeness (QED) is 0.126. The van der Waals surface area contributed by atoms with Crippen molar-refractivity contribution < 1.29 is 36.2 Å². The maximum absolute atomic E-state index is 14.6. The third kappa shape index (κ3) is 6.71. The van der Waals surface area contributed by atoms with E-state index in [4.69, 9.17) is 16.3 Å². The van der Waals surface area contributed by atoms with Crippen LogP contribution in [0.3, 0.4) is 0 Å². The zero-order valence-electron chi connectivity index (χ0n) is 21.0. The maximum atomic E-state index is 14.6. The Kier molecular flexibility index (Phi) is 8.03. The molecule has 0 fully saturated rings. The molecule has 1 aromatic heterocycles. The molecule has 0 aliphatic carbocycles.